The molecule has 0 bridgehead atoms. The van der Waals surface area contributed by atoms with Gasteiger partial charge in [0.05, 0.1) is 6.61 Å². The average Bonchev–Trinajstić information content (AvgIpc) is 2.94. The van der Waals surface area contributed by atoms with Crippen molar-refractivity contribution in [3.8, 4) is 0 Å². The lowest BCUT2D eigenvalue weighted by Gasteiger charge is -2.14. The van der Waals surface area contributed by atoms with Gasteiger partial charge in [-0.15, -0.1) is 9.30 Å². The molecule has 118 valence electrons. The molecule has 1 aliphatic rings. The number of aliphatic hydroxyl groups excluding tert-OH is 2. The summed E-state index contributed by atoms with van der Waals surface area (Å²) in [5.41, 5.74) is 4.96. The van der Waals surface area contributed by atoms with E-state index in [1.165, 1.54) is 0 Å². The lowest BCUT2D eigenvalue weighted by Crippen LogP contribution is -2.33. The molecule has 0 saturated carbocycles. The zero-order chi connectivity index (χ0) is 15.8. The molecule has 1 aromatic rings. The van der Waals surface area contributed by atoms with Crippen molar-refractivity contribution in [3.05, 3.63) is 12.2 Å². The number of nitrogens with zero attached hydrogens (tertiary/aromatic N) is 3. The number of halogens is 1. The topological polar surface area (TPSA) is 170 Å². The molecule has 1 fully saturated rings. The number of aliphatic hydroxyl groups is 2. The van der Waals surface area contributed by atoms with Gasteiger partial charge < -0.3 is 20.7 Å². The van der Waals surface area contributed by atoms with Gasteiger partial charge in [0, 0.05) is 0 Å². The Morgan fingerprint density at radius 3 is 2.76 bits per heavy atom. The summed E-state index contributed by atoms with van der Waals surface area (Å²) in [6.45, 7) is -0.767. The van der Waals surface area contributed by atoms with Crippen molar-refractivity contribution in [1.29, 1.82) is 0 Å². The minimum Gasteiger partial charge on any atom is -0.387 e. The minimum atomic E-state index is -5.23. The summed E-state index contributed by atoms with van der Waals surface area (Å²) < 4.78 is 32.8. The van der Waals surface area contributed by atoms with Crippen LogP contribution in [-0.4, -0.2) is 60.7 Å². The number of ether oxygens (including phenoxy) is 1. The van der Waals surface area contributed by atoms with Gasteiger partial charge in [0.15, 0.2) is 6.23 Å². The number of carbonyl (C=O) groups is 1. The molecule has 1 aliphatic heterocycles. The summed E-state index contributed by atoms with van der Waals surface area (Å²) in [5.74, 6) is -1.23. The number of primary amides is 1. The predicted octanol–water partition coefficient (Wildman–Crippen LogP) is -1.92. The molecule has 1 aromatic heterocycles. The van der Waals surface area contributed by atoms with Gasteiger partial charge in [-0.3, -0.25) is 14.2 Å². The molecule has 2 heterocycles. The first-order valence-corrected chi connectivity index (χ1v) is 7.05. The van der Waals surface area contributed by atoms with Gasteiger partial charge in [0.25, 0.3) is 5.91 Å². The Bertz CT molecular complexity index is 577. The SMILES string of the molecule is NC(=O)c1ncn([C@@H]2O[C@H](COP(=O)(O)F)[C@H](O)C2O)n1. The molecule has 5 atom stereocenters. The van der Waals surface area contributed by atoms with Crippen molar-refractivity contribution in [2.45, 2.75) is 24.5 Å². The number of amides is 1. The smallest absolute Gasteiger partial charge is 0.387 e. The van der Waals surface area contributed by atoms with Gasteiger partial charge in [-0.25, -0.2) is 14.2 Å². The Balaban J connectivity index is 2.08. The summed E-state index contributed by atoms with van der Waals surface area (Å²) in [6, 6.07) is 0. The van der Waals surface area contributed by atoms with Crippen molar-refractivity contribution in [3.63, 3.8) is 0 Å². The van der Waals surface area contributed by atoms with E-state index < -0.39 is 45.0 Å². The van der Waals surface area contributed by atoms with Crippen LogP contribution in [-0.2, 0) is 13.8 Å². The normalized spacial score (nSPS) is 32.0. The van der Waals surface area contributed by atoms with E-state index in [-0.39, 0.29) is 5.82 Å². The van der Waals surface area contributed by atoms with Crippen molar-refractivity contribution in [2.75, 3.05) is 6.61 Å². The van der Waals surface area contributed by atoms with E-state index in [9.17, 15) is 23.8 Å². The molecule has 11 nitrogen and oxygen atoms in total. The Morgan fingerprint density at radius 1 is 1.57 bits per heavy atom. The van der Waals surface area contributed by atoms with Crippen LogP contribution in [0.4, 0.5) is 4.20 Å². The first kappa shape index (κ1) is 15.9. The quantitative estimate of drug-likeness (QED) is 0.450. The predicted molar refractivity (Wildman–Crippen MR) is 61.3 cm³/mol. The van der Waals surface area contributed by atoms with Gasteiger partial charge >= 0.3 is 7.91 Å². The second-order valence-corrected chi connectivity index (χ2v) is 5.37. The molecule has 0 aromatic carbocycles. The molecule has 0 aliphatic carbocycles. The van der Waals surface area contributed by atoms with E-state index in [0.29, 0.717) is 0 Å². The second kappa shape index (κ2) is 5.75. The maximum Gasteiger partial charge on any atom is 0.510 e. The summed E-state index contributed by atoms with van der Waals surface area (Å²) in [7, 11) is -5.23. The maximum absolute atomic E-state index is 12.4. The molecule has 5 N–H and O–H groups in total. The van der Waals surface area contributed by atoms with Crippen LogP contribution in [0.15, 0.2) is 6.33 Å². The molecular weight excluding hydrogens is 314 g/mol. The molecule has 1 saturated heterocycles. The Kier molecular flexibility index (Phi) is 4.37. The number of hydrogen-bond donors (Lipinski definition) is 4. The molecule has 0 spiro atoms. The van der Waals surface area contributed by atoms with Gasteiger partial charge in [0.1, 0.15) is 24.6 Å². The van der Waals surface area contributed by atoms with Crippen LogP contribution in [0, 0.1) is 0 Å². The maximum atomic E-state index is 12.4. The largest absolute Gasteiger partial charge is 0.510 e. The van der Waals surface area contributed by atoms with E-state index >= 15 is 0 Å². The zero-order valence-corrected chi connectivity index (χ0v) is 11.2. The van der Waals surface area contributed by atoms with Crippen molar-refractivity contribution >= 4 is 13.8 Å². The van der Waals surface area contributed by atoms with Gasteiger partial charge in [-0.05, 0) is 0 Å². The van der Waals surface area contributed by atoms with E-state index in [2.05, 4.69) is 14.6 Å². The lowest BCUT2D eigenvalue weighted by molar-refractivity contribution is -0.0573. The fourth-order valence-electron chi connectivity index (χ4n) is 1.76. The summed E-state index contributed by atoms with van der Waals surface area (Å²) in [6.07, 6.45) is -4.51. The van der Waals surface area contributed by atoms with Gasteiger partial charge in [0.2, 0.25) is 5.82 Å². The standard InChI is InChI=1S/C8H12FN4O7P/c9-21(17,18)19-1-3-4(14)5(15)8(20-3)13-2-11-7(12-13)6(10)16/h2-5,8,14-15H,1H2,(H2,10,16)(H,17,18)/t3-,4+,5?,8-/m1/s1. The summed E-state index contributed by atoms with van der Waals surface area (Å²) >= 11 is 0. The molecule has 13 heteroatoms. The highest BCUT2D eigenvalue weighted by molar-refractivity contribution is 7.46. The number of hydrogen-bond acceptors (Lipinski definition) is 8. The Hall–Kier alpha value is -1.43. The monoisotopic (exact) mass is 326 g/mol. The molecule has 1 amide bonds. The van der Waals surface area contributed by atoms with Crippen LogP contribution < -0.4 is 5.73 Å². The molecule has 2 unspecified atom stereocenters. The zero-order valence-electron chi connectivity index (χ0n) is 10.3. The number of rotatable bonds is 5. The van der Waals surface area contributed by atoms with Crippen LogP contribution in [0.1, 0.15) is 16.8 Å². The third-order valence-corrected chi connectivity index (χ3v) is 3.19. The average molecular weight is 326 g/mol. The number of aromatic nitrogens is 3. The van der Waals surface area contributed by atoms with E-state index in [4.69, 9.17) is 15.4 Å². The van der Waals surface area contributed by atoms with E-state index in [1.54, 1.807) is 0 Å². The van der Waals surface area contributed by atoms with E-state index in [0.717, 1.165) is 11.0 Å². The third-order valence-electron chi connectivity index (χ3n) is 2.72. The minimum absolute atomic E-state index is 0.330. The van der Waals surface area contributed by atoms with Gasteiger partial charge in [-0.1, -0.05) is 0 Å². The molecule has 2 rings (SSSR count). The van der Waals surface area contributed by atoms with Crippen molar-refractivity contribution in [1.82, 2.24) is 14.8 Å². The first-order chi connectivity index (χ1) is 9.69. The summed E-state index contributed by atoms with van der Waals surface area (Å²) in [5, 5.41) is 23.1. The number of nitrogens with two attached hydrogens (primary N) is 1. The summed E-state index contributed by atoms with van der Waals surface area (Å²) in [4.78, 5) is 22.8. The van der Waals surface area contributed by atoms with Crippen molar-refractivity contribution in [2.24, 2.45) is 5.73 Å². The van der Waals surface area contributed by atoms with Crippen LogP contribution in [0.3, 0.4) is 0 Å². The lowest BCUT2D eigenvalue weighted by atomic mass is 10.1. The highest BCUT2D eigenvalue weighted by Crippen LogP contribution is 2.44. The van der Waals surface area contributed by atoms with Crippen LogP contribution in [0.5, 0.6) is 0 Å². The van der Waals surface area contributed by atoms with Gasteiger partial charge in [-0.2, -0.15) is 0 Å². The van der Waals surface area contributed by atoms with Crippen LogP contribution in [0.2, 0.25) is 0 Å². The Morgan fingerprint density at radius 2 is 2.24 bits per heavy atom. The fourth-order valence-corrected chi connectivity index (χ4v) is 2.09. The highest BCUT2D eigenvalue weighted by atomic mass is 31.2. The fraction of sp³-hybridized carbons (Fsp3) is 0.625. The Labute approximate surface area is 116 Å². The van der Waals surface area contributed by atoms with Crippen LogP contribution >= 0.6 is 7.91 Å². The molecular formula is C8H12FN4O7P. The van der Waals surface area contributed by atoms with Crippen molar-refractivity contribution < 1.29 is 37.9 Å². The highest BCUT2D eigenvalue weighted by Gasteiger charge is 2.45. The van der Waals surface area contributed by atoms with Crippen LogP contribution in [0.25, 0.3) is 0 Å². The second-order valence-electron chi connectivity index (χ2n) is 4.21. The molecule has 21 heavy (non-hydrogen) atoms. The third kappa shape index (κ3) is 3.61. The molecule has 0 radical (unpaired) electrons. The first-order valence-electron chi connectivity index (χ1n) is 5.58. The number of carbonyl (C=O) groups excluding carboxylic acids is 1. The van der Waals surface area contributed by atoms with E-state index in [1.807, 2.05) is 0 Å².